The van der Waals surface area contributed by atoms with Crippen molar-refractivity contribution in [3.8, 4) is 0 Å². The third-order valence-corrected chi connectivity index (χ3v) is 5.53. The van der Waals surface area contributed by atoms with Gasteiger partial charge in [0.1, 0.15) is 0 Å². The van der Waals surface area contributed by atoms with Crippen molar-refractivity contribution in [2.75, 3.05) is 44.3 Å². The Morgan fingerprint density at radius 2 is 1.92 bits per heavy atom. The van der Waals surface area contributed by atoms with Gasteiger partial charge in [0.05, 0.1) is 22.4 Å². The van der Waals surface area contributed by atoms with Gasteiger partial charge in [-0.15, -0.1) is 0 Å². The molecule has 25 heavy (non-hydrogen) atoms. The molecule has 1 fully saturated rings. The molecule has 0 atom stereocenters. The highest BCUT2D eigenvalue weighted by molar-refractivity contribution is 7.88. The Labute approximate surface area is 146 Å². The molecule has 0 saturated carbocycles. The number of amides is 1. The Morgan fingerprint density at radius 3 is 2.48 bits per heavy atom. The van der Waals surface area contributed by atoms with Crippen LogP contribution in [0, 0.1) is 17.0 Å². The van der Waals surface area contributed by atoms with Crippen molar-refractivity contribution in [3.05, 3.63) is 33.9 Å². The summed E-state index contributed by atoms with van der Waals surface area (Å²) in [6.07, 6.45) is 1.43. The van der Waals surface area contributed by atoms with Gasteiger partial charge in [-0.25, -0.2) is 8.42 Å². The summed E-state index contributed by atoms with van der Waals surface area (Å²) in [6.45, 7) is 4.11. The van der Waals surface area contributed by atoms with E-state index in [9.17, 15) is 23.3 Å². The number of sulfonamides is 1. The van der Waals surface area contributed by atoms with E-state index in [0.717, 1.165) is 0 Å². The van der Waals surface area contributed by atoms with Crippen LogP contribution in [0.4, 0.5) is 11.4 Å². The maximum Gasteiger partial charge on any atom is 0.274 e. The van der Waals surface area contributed by atoms with Gasteiger partial charge in [-0.3, -0.25) is 14.9 Å². The fraction of sp³-hybridized carbons (Fsp3) is 0.533. The third kappa shape index (κ3) is 5.21. The summed E-state index contributed by atoms with van der Waals surface area (Å²) in [5, 5.41) is 13.6. The molecule has 138 valence electrons. The van der Waals surface area contributed by atoms with Crippen molar-refractivity contribution >= 4 is 27.3 Å². The molecule has 0 aromatic heterocycles. The van der Waals surface area contributed by atoms with E-state index in [1.807, 2.05) is 4.90 Å². The van der Waals surface area contributed by atoms with Crippen LogP contribution in [-0.2, 0) is 14.8 Å². The van der Waals surface area contributed by atoms with Gasteiger partial charge in [0.2, 0.25) is 15.9 Å². The molecule has 2 rings (SSSR count). The van der Waals surface area contributed by atoms with Crippen molar-refractivity contribution in [1.82, 2.24) is 9.21 Å². The number of hydrogen-bond acceptors (Lipinski definition) is 6. The first kappa shape index (κ1) is 19.3. The first-order valence-electron chi connectivity index (χ1n) is 7.90. The van der Waals surface area contributed by atoms with E-state index in [1.165, 1.54) is 22.7 Å². The summed E-state index contributed by atoms with van der Waals surface area (Å²) in [5.74, 6) is -0.228. The van der Waals surface area contributed by atoms with Gasteiger partial charge >= 0.3 is 0 Å². The number of benzene rings is 1. The monoisotopic (exact) mass is 370 g/mol. The molecule has 0 spiro atoms. The zero-order valence-electron chi connectivity index (χ0n) is 14.3. The minimum Gasteiger partial charge on any atom is -0.326 e. The molecule has 0 bridgehead atoms. The summed E-state index contributed by atoms with van der Waals surface area (Å²) in [5.41, 5.74) is 0.818. The van der Waals surface area contributed by atoms with Gasteiger partial charge in [-0.1, -0.05) is 6.07 Å². The highest BCUT2D eigenvalue weighted by Gasteiger charge is 2.23. The minimum atomic E-state index is -3.16. The quantitative estimate of drug-likeness (QED) is 0.586. The highest BCUT2D eigenvalue weighted by Crippen LogP contribution is 2.25. The van der Waals surface area contributed by atoms with Gasteiger partial charge < -0.3 is 10.2 Å². The van der Waals surface area contributed by atoms with Crippen LogP contribution in [0.25, 0.3) is 0 Å². The van der Waals surface area contributed by atoms with E-state index in [1.54, 1.807) is 13.0 Å². The third-order valence-electron chi connectivity index (χ3n) is 4.23. The van der Waals surface area contributed by atoms with E-state index in [-0.39, 0.29) is 18.0 Å². The number of rotatable bonds is 6. The molecule has 1 heterocycles. The summed E-state index contributed by atoms with van der Waals surface area (Å²) < 4.78 is 24.4. The summed E-state index contributed by atoms with van der Waals surface area (Å²) in [4.78, 5) is 24.6. The van der Waals surface area contributed by atoms with Crippen molar-refractivity contribution in [2.24, 2.45) is 0 Å². The lowest BCUT2D eigenvalue weighted by Crippen LogP contribution is -2.48. The Balaban J connectivity index is 1.84. The van der Waals surface area contributed by atoms with E-state index < -0.39 is 14.9 Å². The SMILES string of the molecule is Cc1c(NC(=O)CCN2CCN(S(C)(=O)=O)CC2)cccc1[N+](=O)[O-]. The Hall–Kier alpha value is -2.04. The first-order chi connectivity index (χ1) is 11.7. The van der Waals surface area contributed by atoms with Crippen molar-refractivity contribution < 1.29 is 18.1 Å². The lowest BCUT2D eigenvalue weighted by atomic mass is 10.1. The van der Waals surface area contributed by atoms with Crippen molar-refractivity contribution in [1.29, 1.82) is 0 Å². The number of anilines is 1. The Bertz CT molecular complexity index is 757. The average molecular weight is 370 g/mol. The van der Waals surface area contributed by atoms with Crippen LogP contribution in [0.3, 0.4) is 0 Å². The predicted octanol–water partition coefficient (Wildman–Crippen LogP) is 0.809. The van der Waals surface area contributed by atoms with Gasteiger partial charge in [0, 0.05) is 45.2 Å². The molecular weight excluding hydrogens is 348 g/mol. The molecule has 0 unspecified atom stereocenters. The molecule has 1 N–H and O–H groups in total. The van der Waals surface area contributed by atoms with Gasteiger partial charge in [-0.05, 0) is 13.0 Å². The summed E-state index contributed by atoms with van der Waals surface area (Å²) in [7, 11) is -3.16. The normalized spacial score (nSPS) is 16.6. The number of hydrogen-bond donors (Lipinski definition) is 1. The van der Waals surface area contributed by atoms with E-state index in [2.05, 4.69) is 5.32 Å². The van der Waals surface area contributed by atoms with E-state index in [4.69, 9.17) is 0 Å². The topological polar surface area (TPSA) is 113 Å². The molecule has 1 aliphatic rings. The maximum absolute atomic E-state index is 12.1. The average Bonchev–Trinajstić information content (AvgIpc) is 2.54. The molecule has 9 nitrogen and oxygen atoms in total. The van der Waals surface area contributed by atoms with Crippen LogP contribution in [0.1, 0.15) is 12.0 Å². The largest absolute Gasteiger partial charge is 0.326 e. The first-order valence-corrected chi connectivity index (χ1v) is 9.74. The molecule has 0 radical (unpaired) electrons. The molecule has 0 aliphatic carbocycles. The zero-order valence-corrected chi connectivity index (χ0v) is 15.1. The number of nitrogens with zero attached hydrogens (tertiary/aromatic N) is 3. The fourth-order valence-corrected chi connectivity index (χ4v) is 3.54. The van der Waals surface area contributed by atoms with Crippen LogP contribution >= 0.6 is 0 Å². The van der Waals surface area contributed by atoms with Crippen LogP contribution in [-0.4, -0.2) is 67.4 Å². The van der Waals surface area contributed by atoms with Crippen molar-refractivity contribution in [3.63, 3.8) is 0 Å². The van der Waals surface area contributed by atoms with E-state index >= 15 is 0 Å². The van der Waals surface area contributed by atoms with Crippen LogP contribution < -0.4 is 5.32 Å². The Morgan fingerprint density at radius 1 is 1.28 bits per heavy atom. The molecule has 1 aromatic carbocycles. The fourth-order valence-electron chi connectivity index (χ4n) is 2.71. The minimum absolute atomic E-state index is 0.0327. The second kappa shape index (κ2) is 7.89. The molecule has 10 heteroatoms. The number of carbonyl (C=O) groups is 1. The number of piperazine rings is 1. The number of nitro benzene ring substituents is 1. The number of carbonyl (C=O) groups excluding carboxylic acids is 1. The molecule has 1 aliphatic heterocycles. The van der Waals surface area contributed by atoms with Crippen LogP contribution in [0.5, 0.6) is 0 Å². The smallest absolute Gasteiger partial charge is 0.274 e. The standard InChI is InChI=1S/C15H22N4O5S/c1-12-13(4-3-5-14(12)19(21)22)16-15(20)6-7-17-8-10-18(11-9-17)25(2,23)24/h3-5H,6-11H2,1-2H3,(H,16,20). The second-order valence-corrected chi connectivity index (χ2v) is 7.99. The molecule has 1 saturated heterocycles. The Kier molecular flexibility index (Phi) is 6.09. The number of nitro groups is 1. The lowest BCUT2D eigenvalue weighted by molar-refractivity contribution is -0.385. The van der Waals surface area contributed by atoms with Gasteiger partial charge in [-0.2, -0.15) is 4.31 Å². The van der Waals surface area contributed by atoms with E-state index in [0.29, 0.717) is 44.0 Å². The number of nitrogens with one attached hydrogen (secondary N) is 1. The predicted molar refractivity (Wildman–Crippen MR) is 93.9 cm³/mol. The van der Waals surface area contributed by atoms with Crippen molar-refractivity contribution in [2.45, 2.75) is 13.3 Å². The van der Waals surface area contributed by atoms with Gasteiger partial charge in [0.15, 0.2) is 0 Å². The summed E-state index contributed by atoms with van der Waals surface area (Å²) in [6, 6.07) is 4.56. The van der Waals surface area contributed by atoms with Crippen LogP contribution in [0.2, 0.25) is 0 Å². The van der Waals surface area contributed by atoms with Crippen LogP contribution in [0.15, 0.2) is 18.2 Å². The second-order valence-electron chi connectivity index (χ2n) is 6.01. The maximum atomic E-state index is 12.1. The highest BCUT2D eigenvalue weighted by atomic mass is 32.2. The molecular formula is C15H22N4O5S. The lowest BCUT2D eigenvalue weighted by Gasteiger charge is -2.33. The van der Waals surface area contributed by atoms with Gasteiger partial charge in [0.25, 0.3) is 5.69 Å². The molecule has 1 amide bonds. The molecule has 1 aromatic rings. The zero-order chi connectivity index (χ0) is 18.6. The summed E-state index contributed by atoms with van der Waals surface area (Å²) >= 11 is 0.